The summed E-state index contributed by atoms with van der Waals surface area (Å²) in [6.45, 7) is 4.53. The number of nitrogens with zero attached hydrogens (tertiary/aromatic N) is 4. The van der Waals surface area contributed by atoms with Crippen LogP contribution in [-0.2, 0) is 11.3 Å². The highest BCUT2D eigenvalue weighted by molar-refractivity contribution is 5.90. The van der Waals surface area contributed by atoms with Crippen LogP contribution in [0.1, 0.15) is 37.3 Å². The van der Waals surface area contributed by atoms with Gasteiger partial charge in [-0.3, -0.25) is 9.48 Å². The van der Waals surface area contributed by atoms with Crippen LogP contribution in [0, 0.1) is 17.0 Å². The summed E-state index contributed by atoms with van der Waals surface area (Å²) in [5.74, 6) is -0.207. The van der Waals surface area contributed by atoms with Crippen molar-refractivity contribution < 1.29 is 9.72 Å². The van der Waals surface area contributed by atoms with E-state index in [9.17, 15) is 14.9 Å². The third-order valence-corrected chi connectivity index (χ3v) is 4.75. The number of hydrogen-bond acceptors (Lipinski definition) is 5. The maximum Gasteiger partial charge on any atom is 0.358 e. The number of nitrogens with one attached hydrogen (secondary N) is 1. The lowest BCUT2D eigenvalue weighted by atomic mass is 10.0. The van der Waals surface area contributed by atoms with Crippen molar-refractivity contribution in [3.8, 4) is 0 Å². The summed E-state index contributed by atoms with van der Waals surface area (Å²) in [5.41, 5.74) is 3.90. The Balaban J connectivity index is 1.46. The highest BCUT2D eigenvalue weighted by atomic mass is 16.6. The van der Waals surface area contributed by atoms with Crippen LogP contribution in [0.5, 0.6) is 0 Å². The molecule has 0 radical (unpaired) electrons. The number of benzene rings is 1. The van der Waals surface area contributed by atoms with E-state index in [1.807, 2.05) is 25.3 Å². The number of aliphatic imine (C=N–C) groups is 1. The van der Waals surface area contributed by atoms with Gasteiger partial charge in [0.1, 0.15) is 0 Å². The molecular formula is C20H23N5O3. The molecular weight excluding hydrogens is 358 g/mol. The topological polar surface area (TPSA) is 102 Å². The van der Waals surface area contributed by atoms with Gasteiger partial charge in [-0.05, 0) is 48.3 Å². The molecule has 1 amide bonds. The second-order valence-electron chi connectivity index (χ2n) is 6.94. The molecule has 146 valence electrons. The van der Waals surface area contributed by atoms with Crippen molar-refractivity contribution in [2.75, 3.05) is 5.32 Å². The van der Waals surface area contributed by atoms with E-state index in [0.29, 0.717) is 31.5 Å². The highest BCUT2D eigenvalue weighted by Crippen LogP contribution is 2.20. The lowest BCUT2D eigenvalue weighted by Gasteiger charge is -2.06. The summed E-state index contributed by atoms with van der Waals surface area (Å²) in [7, 11) is 0. The van der Waals surface area contributed by atoms with Crippen LogP contribution < -0.4 is 5.32 Å². The Morgan fingerprint density at radius 2 is 2.11 bits per heavy atom. The van der Waals surface area contributed by atoms with Crippen molar-refractivity contribution in [2.45, 2.75) is 45.7 Å². The predicted octanol–water partition coefficient (Wildman–Crippen LogP) is 3.35. The van der Waals surface area contributed by atoms with Crippen molar-refractivity contribution in [2.24, 2.45) is 4.99 Å². The lowest BCUT2D eigenvalue weighted by Crippen LogP contribution is -2.12. The maximum atomic E-state index is 12.2. The fourth-order valence-electron chi connectivity index (χ4n) is 3.15. The molecule has 1 aliphatic rings. The third kappa shape index (κ3) is 4.91. The smallest absolute Gasteiger partial charge is 0.358 e. The summed E-state index contributed by atoms with van der Waals surface area (Å²) in [5, 5.41) is 17.9. The zero-order valence-electron chi connectivity index (χ0n) is 16.0. The van der Waals surface area contributed by atoms with Crippen LogP contribution >= 0.6 is 0 Å². The van der Waals surface area contributed by atoms with Crippen LogP contribution in [0.25, 0.3) is 0 Å². The number of amides is 1. The largest absolute Gasteiger partial charge is 0.358 e. The Hall–Kier alpha value is -3.29. The molecule has 2 aromatic rings. The van der Waals surface area contributed by atoms with Gasteiger partial charge >= 0.3 is 5.84 Å². The molecule has 1 N–H and O–H groups in total. The second-order valence-corrected chi connectivity index (χ2v) is 6.94. The average molecular weight is 381 g/mol. The van der Waals surface area contributed by atoms with E-state index in [4.69, 9.17) is 0 Å². The van der Waals surface area contributed by atoms with Gasteiger partial charge in [-0.2, -0.15) is 5.10 Å². The Morgan fingerprint density at radius 1 is 1.32 bits per heavy atom. The number of nitro groups is 1. The minimum Gasteiger partial charge on any atom is -0.358 e. The number of carbonyl (C=O) groups excluding carboxylic acids is 1. The van der Waals surface area contributed by atoms with Gasteiger partial charge in [0, 0.05) is 18.7 Å². The Kier molecular flexibility index (Phi) is 5.98. The molecule has 8 heteroatoms. The number of aromatic nitrogens is 2. The van der Waals surface area contributed by atoms with Gasteiger partial charge in [-0.25, -0.2) is 0 Å². The molecule has 1 aromatic heterocycles. The van der Waals surface area contributed by atoms with Gasteiger partial charge in [-0.1, -0.05) is 29.3 Å². The molecule has 0 spiro atoms. The van der Waals surface area contributed by atoms with Gasteiger partial charge in [-0.15, -0.1) is 0 Å². The van der Waals surface area contributed by atoms with Crippen molar-refractivity contribution in [1.82, 2.24) is 9.78 Å². The summed E-state index contributed by atoms with van der Waals surface area (Å²) in [4.78, 5) is 26.5. The monoisotopic (exact) mass is 381 g/mol. The number of anilines is 1. The summed E-state index contributed by atoms with van der Waals surface area (Å²) < 4.78 is 1.79. The van der Waals surface area contributed by atoms with Crippen molar-refractivity contribution >= 4 is 17.4 Å². The normalized spacial score (nSPS) is 15.9. The SMILES string of the molecule is CC1=CC([N+](=O)[O-])=NC1CCCC(=O)Nc1cnn(Cc2ccccc2C)c1. The first kappa shape index (κ1) is 19.5. The minimum atomic E-state index is -0.481. The molecule has 28 heavy (non-hydrogen) atoms. The van der Waals surface area contributed by atoms with Crippen LogP contribution in [0.15, 0.2) is 53.3 Å². The van der Waals surface area contributed by atoms with Crippen LogP contribution in [-0.4, -0.2) is 32.5 Å². The van der Waals surface area contributed by atoms with Crippen molar-refractivity contribution in [3.63, 3.8) is 0 Å². The van der Waals surface area contributed by atoms with Crippen molar-refractivity contribution in [3.05, 3.63) is 69.5 Å². The maximum absolute atomic E-state index is 12.2. The van der Waals surface area contributed by atoms with E-state index in [2.05, 4.69) is 34.5 Å². The van der Waals surface area contributed by atoms with Crippen LogP contribution in [0.4, 0.5) is 5.69 Å². The van der Waals surface area contributed by atoms with Crippen molar-refractivity contribution in [1.29, 1.82) is 0 Å². The molecule has 0 saturated carbocycles. The zero-order chi connectivity index (χ0) is 20.1. The van der Waals surface area contributed by atoms with Crippen LogP contribution in [0.3, 0.4) is 0 Å². The third-order valence-electron chi connectivity index (χ3n) is 4.75. The van der Waals surface area contributed by atoms with Gasteiger partial charge in [0.2, 0.25) is 5.91 Å². The number of aryl methyl sites for hydroxylation is 1. The quantitative estimate of drug-likeness (QED) is 0.587. The molecule has 0 saturated heterocycles. The highest BCUT2D eigenvalue weighted by Gasteiger charge is 2.26. The molecule has 0 fully saturated rings. The second kappa shape index (κ2) is 8.60. The summed E-state index contributed by atoms with van der Waals surface area (Å²) in [6.07, 6.45) is 6.48. The van der Waals surface area contributed by atoms with Gasteiger partial charge in [0.25, 0.3) is 0 Å². The molecule has 2 heterocycles. The number of carbonyl (C=O) groups is 1. The van der Waals surface area contributed by atoms with E-state index in [0.717, 1.165) is 5.57 Å². The average Bonchev–Trinajstić information content (AvgIpc) is 3.24. The van der Waals surface area contributed by atoms with Crippen LogP contribution in [0.2, 0.25) is 0 Å². The molecule has 1 unspecified atom stereocenters. The molecule has 0 bridgehead atoms. The molecule has 8 nitrogen and oxygen atoms in total. The standard InChI is InChI=1S/C20H23N5O3/c1-14-6-3-4-7-16(14)12-24-13-17(11-21-24)22-20(26)9-5-8-18-15(2)10-19(23-18)25(27)28/h3-4,6-7,10-11,13,18H,5,8-9,12H2,1-2H3,(H,22,26). The lowest BCUT2D eigenvalue weighted by molar-refractivity contribution is -0.348. The van der Waals surface area contributed by atoms with E-state index in [1.165, 1.54) is 17.2 Å². The molecule has 0 aliphatic carbocycles. The predicted molar refractivity (Wildman–Crippen MR) is 107 cm³/mol. The summed E-state index contributed by atoms with van der Waals surface area (Å²) >= 11 is 0. The molecule has 3 rings (SSSR count). The first-order valence-corrected chi connectivity index (χ1v) is 9.19. The Morgan fingerprint density at radius 3 is 2.82 bits per heavy atom. The zero-order valence-corrected chi connectivity index (χ0v) is 16.0. The number of amidine groups is 1. The first-order valence-electron chi connectivity index (χ1n) is 9.19. The number of hydrogen-bond donors (Lipinski definition) is 1. The van der Waals surface area contributed by atoms with Gasteiger partial charge < -0.3 is 15.4 Å². The van der Waals surface area contributed by atoms with E-state index in [1.54, 1.807) is 10.9 Å². The van der Waals surface area contributed by atoms with E-state index < -0.39 is 4.92 Å². The van der Waals surface area contributed by atoms with Gasteiger partial charge in [0.15, 0.2) is 6.04 Å². The minimum absolute atomic E-state index is 0.103. The van der Waals surface area contributed by atoms with E-state index in [-0.39, 0.29) is 17.8 Å². The van der Waals surface area contributed by atoms with Gasteiger partial charge in [0.05, 0.1) is 18.4 Å². The number of rotatable bonds is 7. The molecule has 1 aromatic carbocycles. The first-order chi connectivity index (χ1) is 13.4. The Bertz CT molecular complexity index is 945. The summed E-state index contributed by atoms with van der Waals surface area (Å²) in [6, 6.07) is 7.90. The fourth-order valence-corrected chi connectivity index (χ4v) is 3.15. The molecule has 1 aliphatic heterocycles. The fraction of sp³-hybridized carbons (Fsp3) is 0.350. The Labute approximate surface area is 163 Å². The van der Waals surface area contributed by atoms with E-state index >= 15 is 0 Å². The molecule has 1 atom stereocenters.